The first-order chi connectivity index (χ1) is 13.3. The van der Waals surface area contributed by atoms with Gasteiger partial charge in [-0.3, -0.25) is 4.79 Å². The highest BCUT2D eigenvalue weighted by Crippen LogP contribution is 2.26. The molecular weight excluding hydrogens is 354 g/mol. The molecule has 3 aromatic heterocycles. The molecule has 1 amide bonds. The highest BCUT2D eigenvalue weighted by atomic mass is 32.1. The van der Waals surface area contributed by atoms with E-state index in [1.165, 1.54) is 11.3 Å². The van der Waals surface area contributed by atoms with Crippen molar-refractivity contribution in [1.29, 1.82) is 0 Å². The molecule has 2 aromatic carbocycles. The van der Waals surface area contributed by atoms with Crippen molar-refractivity contribution in [2.24, 2.45) is 0 Å². The minimum absolute atomic E-state index is 0.0864. The van der Waals surface area contributed by atoms with Gasteiger partial charge in [-0.15, -0.1) is 11.3 Å². The van der Waals surface area contributed by atoms with Gasteiger partial charge in [0.25, 0.3) is 5.91 Å². The van der Waals surface area contributed by atoms with Crippen LogP contribution in [-0.2, 0) is 0 Å². The van der Waals surface area contributed by atoms with Crippen LogP contribution in [0.1, 0.15) is 9.67 Å². The molecular formula is C22H15N3OS. The molecule has 0 saturated carbocycles. The second-order valence-electron chi connectivity index (χ2n) is 6.27. The second-order valence-corrected chi connectivity index (χ2v) is 7.36. The Labute approximate surface area is 159 Å². The number of carbonyl (C=O) groups excluding carboxylic acids is 1. The quantitative estimate of drug-likeness (QED) is 0.458. The Kier molecular flexibility index (Phi) is 3.73. The van der Waals surface area contributed by atoms with Crippen molar-refractivity contribution in [3.05, 3.63) is 90.1 Å². The summed E-state index contributed by atoms with van der Waals surface area (Å²) in [5.74, 6) is -0.0864. The predicted molar refractivity (Wildman–Crippen MR) is 110 cm³/mol. The number of pyridine rings is 1. The maximum atomic E-state index is 12.5. The third-order valence-corrected chi connectivity index (χ3v) is 5.57. The molecule has 0 radical (unpaired) electrons. The van der Waals surface area contributed by atoms with E-state index in [2.05, 4.69) is 10.3 Å². The lowest BCUT2D eigenvalue weighted by Crippen LogP contribution is -2.09. The number of anilines is 1. The first-order valence-electron chi connectivity index (χ1n) is 8.60. The van der Waals surface area contributed by atoms with Crippen molar-refractivity contribution >= 4 is 38.7 Å². The highest BCUT2D eigenvalue weighted by Gasteiger charge is 2.11. The number of hydrogen-bond acceptors (Lipinski definition) is 3. The zero-order valence-corrected chi connectivity index (χ0v) is 15.1. The van der Waals surface area contributed by atoms with Gasteiger partial charge in [-0.1, -0.05) is 36.4 Å². The largest absolute Gasteiger partial charge is 0.321 e. The molecule has 5 rings (SSSR count). The zero-order valence-electron chi connectivity index (χ0n) is 14.3. The summed E-state index contributed by atoms with van der Waals surface area (Å²) in [6.07, 6.45) is 3.98. The van der Waals surface area contributed by atoms with Crippen LogP contribution in [0.15, 0.2) is 85.2 Å². The number of hydrogen-bond donors (Lipinski definition) is 1. The molecule has 27 heavy (non-hydrogen) atoms. The Morgan fingerprint density at radius 3 is 2.59 bits per heavy atom. The second kappa shape index (κ2) is 6.37. The number of aromatic nitrogens is 2. The topological polar surface area (TPSA) is 46.4 Å². The molecule has 0 fully saturated rings. The van der Waals surface area contributed by atoms with Gasteiger partial charge in [-0.05, 0) is 41.8 Å². The fourth-order valence-corrected chi connectivity index (χ4v) is 4.04. The van der Waals surface area contributed by atoms with Crippen LogP contribution in [0.4, 0.5) is 5.69 Å². The van der Waals surface area contributed by atoms with Crippen molar-refractivity contribution in [3.63, 3.8) is 0 Å². The first-order valence-corrected chi connectivity index (χ1v) is 9.42. The summed E-state index contributed by atoms with van der Waals surface area (Å²) in [5, 5.41) is 4.06. The molecule has 0 spiro atoms. The fraction of sp³-hybridized carbons (Fsp3) is 0. The van der Waals surface area contributed by atoms with Crippen LogP contribution in [-0.4, -0.2) is 15.3 Å². The Morgan fingerprint density at radius 1 is 0.963 bits per heavy atom. The van der Waals surface area contributed by atoms with E-state index >= 15 is 0 Å². The Hall–Kier alpha value is -3.44. The summed E-state index contributed by atoms with van der Waals surface area (Å²) in [6, 6.07) is 23.6. The van der Waals surface area contributed by atoms with Gasteiger partial charge >= 0.3 is 0 Å². The van der Waals surface area contributed by atoms with Crippen LogP contribution in [0, 0.1) is 0 Å². The van der Waals surface area contributed by atoms with Crippen LogP contribution < -0.4 is 5.32 Å². The summed E-state index contributed by atoms with van der Waals surface area (Å²) in [4.78, 5) is 17.9. The maximum absolute atomic E-state index is 12.5. The number of nitrogens with zero attached hydrogens (tertiary/aromatic N) is 2. The van der Waals surface area contributed by atoms with Crippen LogP contribution in [0.3, 0.4) is 0 Å². The van der Waals surface area contributed by atoms with Crippen molar-refractivity contribution in [2.45, 2.75) is 0 Å². The Morgan fingerprint density at radius 2 is 1.78 bits per heavy atom. The third-order valence-electron chi connectivity index (χ3n) is 4.45. The minimum atomic E-state index is -0.0864. The molecule has 1 N–H and O–H groups in total. The molecule has 0 aliphatic rings. The highest BCUT2D eigenvalue weighted by molar-refractivity contribution is 7.20. The Balaban J connectivity index is 1.37. The standard InChI is InChI=1S/C22H15N3OS/c26-22(20-13-16-5-1-2-6-19(16)27-20)23-17-10-8-15(9-11-17)18-14-25-12-4-3-7-21(25)24-18/h1-14H,(H,23,26). The molecule has 5 heteroatoms. The number of carbonyl (C=O) groups is 1. The summed E-state index contributed by atoms with van der Waals surface area (Å²) >= 11 is 1.50. The van der Waals surface area contributed by atoms with Crippen molar-refractivity contribution < 1.29 is 4.79 Å². The van der Waals surface area contributed by atoms with E-state index in [0.29, 0.717) is 4.88 Å². The third kappa shape index (κ3) is 2.98. The summed E-state index contributed by atoms with van der Waals surface area (Å²) in [7, 11) is 0. The molecule has 4 nitrogen and oxygen atoms in total. The number of benzene rings is 2. The van der Waals surface area contributed by atoms with Gasteiger partial charge < -0.3 is 9.72 Å². The molecule has 0 aliphatic carbocycles. The van der Waals surface area contributed by atoms with E-state index in [-0.39, 0.29) is 5.91 Å². The molecule has 0 unspecified atom stereocenters. The zero-order chi connectivity index (χ0) is 18.2. The van der Waals surface area contributed by atoms with Gasteiger partial charge in [0.05, 0.1) is 10.6 Å². The molecule has 130 valence electrons. The van der Waals surface area contributed by atoms with E-state index in [9.17, 15) is 4.79 Å². The van der Waals surface area contributed by atoms with Gasteiger partial charge in [-0.25, -0.2) is 4.98 Å². The lowest BCUT2D eigenvalue weighted by molar-refractivity contribution is 0.103. The van der Waals surface area contributed by atoms with Crippen LogP contribution in [0.25, 0.3) is 27.0 Å². The number of thiophene rings is 1. The molecule has 0 aliphatic heterocycles. The molecule has 0 bridgehead atoms. The number of amides is 1. The monoisotopic (exact) mass is 369 g/mol. The van der Waals surface area contributed by atoms with Crippen molar-refractivity contribution in [1.82, 2.24) is 9.38 Å². The van der Waals surface area contributed by atoms with E-state index in [4.69, 9.17) is 0 Å². The average Bonchev–Trinajstić information content (AvgIpc) is 3.32. The van der Waals surface area contributed by atoms with Gasteiger partial charge in [0.15, 0.2) is 0 Å². The van der Waals surface area contributed by atoms with Gasteiger partial charge in [0.1, 0.15) is 5.65 Å². The SMILES string of the molecule is O=C(Nc1ccc(-c2cn3ccccc3n2)cc1)c1cc2ccccc2s1. The normalized spacial score (nSPS) is 11.1. The number of fused-ring (bicyclic) bond motifs is 2. The van der Waals surface area contributed by atoms with E-state index in [1.54, 1.807) is 0 Å². The Bertz CT molecular complexity index is 1200. The summed E-state index contributed by atoms with van der Waals surface area (Å²) in [5.41, 5.74) is 3.60. The van der Waals surface area contributed by atoms with Crippen LogP contribution in [0.5, 0.6) is 0 Å². The maximum Gasteiger partial charge on any atom is 0.265 e. The fourth-order valence-electron chi connectivity index (χ4n) is 3.08. The van der Waals surface area contributed by atoms with Crippen molar-refractivity contribution in [3.8, 4) is 11.3 Å². The van der Waals surface area contributed by atoms with Crippen LogP contribution in [0.2, 0.25) is 0 Å². The predicted octanol–water partition coefficient (Wildman–Crippen LogP) is 5.47. The molecule has 0 saturated heterocycles. The molecule has 0 atom stereocenters. The lowest BCUT2D eigenvalue weighted by atomic mass is 10.1. The molecule has 3 heterocycles. The van der Waals surface area contributed by atoms with E-state index in [0.717, 1.165) is 32.7 Å². The number of imidazole rings is 1. The minimum Gasteiger partial charge on any atom is -0.321 e. The summed E-state index contributed by atoms with van der Waals surface area (Å²) in [6.45, 7) is 0. The average molecular weight is 369 g/mol. The van der Waals surface area contributed by atoms with E-state index < -0.39 is 0 Å². The lowest BCUT2D eigenvalue weighted by Gasteiger charge is -2.04. The van der Waals surface area contributed by atoms with E-state index in [1.807, 2.05) is 89.6 Å². The summed E-state index contributed by atoms with van der Waals surface area (Å²) < 4.78 is 3.11. The van der Waals surface area contributed by atoms with Gasteiger partial charge in [-0.2, -0.15) is 0 Å². The smallest absolute Gasteiger partial charge is 0.265 e. The van der Waals surface area contributed by atoms with Crippen molar-refractivity contribution in [2.75, 3.05) is 5.32 Å². The number of rotatable bonds is 3. The number of nitrogens with one attached hydrogen (secondary N) is 1. The first kappa shape index (κ1) is 15.8. The molecule has 5 aromatic rings. The van der Waals surface area contributed by atoms with Crippen LogP contribution >= 0.6 is 11.3 Å². The van der Waals surface area contributed by atoms with Gasteiger partial charge in [0.2, 0.25) is 0 Å². The van der Waals surface area contributed by atoms with Gasteiger partial charge in [0, 0.05) is 28.3 Å².